The zero-order valence-electron chi connectivity index (χ0n) is 18.8. The van der Waals surface area contributed by atoms with Crippen molar-refractivity contribution >= 4 is 35.6 Å². The molecule has 0 saturated heterocycles. The van der Waals surface area contributed by atoms with E-state index in [0.29, 0.717) is 12.4 Å². The molecule has 28 heavy (non-hydrogen) atoms. The van der Waals surface area contributed by atoms with E-state index in [0.717, 1.165) is 17.3 Å². The summed E-state index contributed by atoms with van der Waals surface area (Å²) < 4.78 is 23.3. The van der Waals surface area contributed by atoms with Gasteiger partial charge in [-0.05, 0) is 73.1 Å². The fourth-order valence-electron chi connectivity index (χ4n) is 3.24. The Bertz CT molecular complexity index is 680. The van der Waals surface area contributed by atoms with Crippen molar-refractivity contribution in [2.45, 2.75) is 89.7 Å². The van der Waals surface area contributed by atoms with Crippen LogP contribution in [0, 0.1) is 5.41 Å². The van der Waals surface area contributed by atoms with Crippen molar-refractivity contribution < 1.29 is 8.98 Å². The van der Waals surface area contributed by atoms with Crippen LogP contribution in [0.1, 0.15) is 67.1 Å². The molecule has 8 heteroatoms. The van der Waals surface area contributed by atoms with Gasteiger partial charge in [0.15, 0.2) is 14.1 Å². The van der Waals surface area contributed by atoms with Crippen molar-refractivity contribution in [1.82, 2.24) is 14.7 Å². The molecule has 160 valence electrons. The van der Waals surface area contributed by atoms with Gasteiger partial charge in [0.05, 0.1) is 4.47 Å². The van der Waals surface area contributed by atoms with Crippen molar-refractivity contribution in [3.63, 3.8) is 0 Å². The SMILES string of the molecule is CC(C)(C)[S+]([O-])N[C@]1(c2ncc(Br)cn2)C[C@](C)(CO[Si](C)(C)C(C)(C)C)C1. The summed E-state index contributed by atoms with van der Waals surface area (Å²) in [6.07, 6.45) is 5.12. The van der Waals surface area contributed by atoms with E-state index in [1.54, 1.807) is 12.4 Å². The number of nitrogens with zero attached hydrogens (tertiary/aromatic N) is 2. The van der Waals surface area contributed by atoms with E-state index in [1.807, 2.05) is 20.8 Å². The van der Waals surface area contributed by atoms with Gasteiger partial charge in [0.25, 0.3) is 0 Å². The number of aromatic nitrogens is 2. The molecule has 1 heterocycles. The van der Waals surface area contributed by atoms with Crippen LogP contribution in [0.5, 0.6) is 0 Å². The van der Waals surface area contributed by atoms with Crippen molar-refractivity contribution in [3.05, 3.63) is 22.7 Å². The summed E-state index contributed by atoms with van der Waals surface area (Å²) in [5.41, 5.74) is -0.467. The molecule has 0 radical (unpaired) electrons. The lowest BCUT2D eigenvalue weighted by atomic mass is 9.58. The van der Waals surface area contributed by atoms with Crippen LogP contribution in [0.3, 0.4) is 0 Å². The average molecular weight is 491 g/mol. The largest absolute Gasteiger partial charge is 0.598 e. The van der Waals surface area contributed by atoms with Crippen LogP contribution < -0.4 is 4.72 Å². The number of hydrogen-bond donors (Lipinski definition) is 1. The van der Waals surface area contributed by atoms with Gasteiger partial charge in [0.2, 0.25) is 0 Å². The van der Waals surface area contributed by atoms with Gasteiger partial charge < -0.3 is 8.98 Å². The topological polar surface area (TPSA) is 70.1 Å². The van der Waals surface area contributed by atoms with E-state index < -0.39 is 25.2 Å². The summed E-state index contributed by atoms with van der Waals surface area (Å²) in [6.45, 7) is 20.2. The normalized spacial score (nSPS) is 27.4. The smallest absolute Gasteiger partial charge is 0.192 e. The van der Waals surface area contributed by atoms with E-state index in [1.165, 1.54) is 0 Å². The molecule has 5 nitrogen and oxygen atoms in total. The van der Waals surface area contributed by atoms with Crippen LogP contribution >= 0.6 is 15.9 Å². The molecule has 1 N–H and O–H groups in total. The van der Waals surface area contributed by atoms with Gasteiger partial charge in [-0.15, -0.1) is 4.72 Å². The predicted molar refractivity (Wildman–Crippen MR) is 123 cm³/mol. The number of halogens is 1. The summed E-state index contributed by atoms with van der Waals surface area (Å²) in [5, 5.41) is 0.186. The summed E-state index contributed by atoms with van der Waals surface area (Å²) in [6, 6.07) is 0. The minimum absolute atomic E-state index is 0.0149. The molecule has 1 saturated carbocycles. The Hall–Kier alpha value is 0.00688. The molecule has 1 aromatic heterocycles. The Morgan fingerprint density at radius 1 is 1.18 bits per heavy atom. The van der Waals surface area contributed by atoms with Crippen molar-refractivity contribution in [1.29, 1.82) is 0 Å². The maximum atomic E-state index is 12.9. The van der Waals surface area contributed by atoms with E-state index in [-0.39, 0.29) is 15.2 Å². The van der Waals surface area contributed by atoms with Gasteiger partial charge in [-0.1, -0.05) is 27.7 Å². The standard InChI is InChI=1S/C20H36BrN3O2SSi/c1-17(2,3)27(25)24-20(16-22-10-15(21)11-23-16)12-19(7,13-20)14-26-28(8,9)18(4,5)6/h10-11,24H,12-14H2,1-9H3/t19-,20+,27?. The highest BCUT2D eigenvalue weighted by atomic mass is 79.9. The highest BCUT2D eigenvalue weighted by molar-refractivity contribution is 9.10. The number of hydrogen-bond acceptors (Lipinski definition) is 5. The number of nitrogens with one attached hydrogen (secondary N) is 1. The van der Waals surface area contributed by atoms with Gasteiger partial charge in [-0.3, -0.25) is 0 Å². The van der Waals surface area contributed by atoms with Crippen LogP contribution in [0.15, 0.2) is 16.9 Å². The first-order valence-electron chi connectivity index (χ1n) is 9.82. The van der Waals surface area contributed by atoms with Crippen LogP contribution in [-0.2, 0) is 21.3 Å². The van der Waals surface area contributed by atoms with Crippen LogP contribution in [-0.4, -0.2) is 34.2 Å². The van der Waals surface area contributed by atoms with Crippen molar-refractivity contribution in [2.24, 2.45) is 5.41 Å². The van der Waals surface area contributed by atoms with E-state index in [4.69, 9.17) is 4.43 Å². The molecule has 1 aliphatic rings. The maximum Gasteiger partial charge on any atom is 0.192 e. The van der Waals surface area contributed by atoms with Gasteiger partial charge in [-0.25, -0.2) is 9.97 Å². The third-order valence-corrected chi connectivity index (χ3v) is 12.5. The summed E-state index contributed by atoms with van der Waals surface area (Å²) in [5.74, 6) is 0.707. The third-order valence-electron chi connectivity index (χ3n) is 5.94. The lowest BCUT2D eigenvalue weighted by Gasteiger charge is -2.54. The second-order valence-electron chi connectivity index (χ2n) is 11.0. The molecule has 0 spiro atoms. The van der Waals surface area contributed by atoms with Gasteiger partial charge >= 0.3 is 0 Å². The minimum Gasteiger partial charge on any atom is -0.598 e. The summed E-state index contributed by atoms with van der Waals surface area (Å²) in [4.78, 5) is 9.07. The first kappa shape index (κ1) is 24.3. The first-order chi connectivity index (χ1) is 12.5. The Kier molecular flexibility index (Phi) is 6.87. The zero-order valence-corrected chi connectivity index (χ0v) is 22.2. The Morgan fingerprint density at radius 2 is 1.68 bits per heavy atom. The second kappa shape index (κ2) is 7.93. The lowest BCUT2D eigenvalue weighted by molar-refractivity contribution is -0.0199. The van der Waals surface area contributed by atoms with E-state index in [2.05, 4.69) is 71.4 Å². The molecule has 0 bridgehead atoms. The second-order valence-corrected chi connectivity index (χ2v) is 18.7. The molecule has 2 rings (SSSR count). The predicted octanol–water partition coefficient (Wildman–Crippen LogP) is 5.31. The molecule has 0 aliphatic heterocycles. The van der Waals surface area contributed by atoms with Gasteiger partial charge in [-0.2, -0.15) is 0 Å². The molecule has 1 unspecified atom stereocenters. The van der Waals surface area contributed by atoms with Crippen LogP contribution in [0.4, 0.5) is 0 Å². The molecular weight excluding hydrogens is 454 g/mol. The average Bonchev–Trinajstić information content (AvgIpc) is 2.50. The molecule has 0 aromatic carbocycles. The fraction of sp³-hybridized carbons (Fsp3) is 0.800. The van der Waals surface area contributed by atoms with Crippen LogP contribution in [0.25, 0.3) is 0 Å². The molecule has 0 amide bonds. The maximum absolute atomic E-state index is 12.9. The molecule has 1 aromatic rings. The first-order valence-corrected chi connectivity index (χ1v) is 14.7. The van der Waals surface area contributed by atoms with Crippen LogP contribution in [0.2, 0.25) is 18.1 Å². The monoisotopic (exact) mass is 489 g/mol. The highest BCUT2D eigenvalue weighted by Crippen LogP contribution is 2.54. The zero-order chi connectivity index (χ0) is 21.6. The molecule has 1 fully saturated rings. The molecule has 1 aliphatic carbocycles. The molecule has 1 atom stereocenters. The summed E-state index contributed by atoms with van der Waals surface area (Å²) >= 11 is 2.20. The quantitative estimate of drug-likeness (QED) is 0.432. The Balaban J connectivity index is 2.19. The van der Waals surface area contributed by atoms with Gasteiger partial charge in [0.1, 0.15) is 10.3 Å². The van der Waals surface area contributed by atoms with E-state index in [9.17, 15) is 4.55 Å². The fourth-order valence-corrected chi connectivity index (χ4v) is 5.49. The summed E-state index contributed by atoms with van der Waals surface area (Å²) in [7, 11) is -1.81. The van der Waals surface area contributed by atoms with Gasteiger partial charge in [0, 0.05) is 30.4 Å². The molecular formula is C20H36BrN3O2SSi. The van der Waals surface area contributed by atoms with Crippen molar-refractivity contribution in [2.75, 3.05) is 6.61 Å². The Labute approximate surface area is 183 Å². The highest BCUT2D eigenvalue weighted by Gasteiger charge is 2.58. The Morgan fingerprint density at radius 3 is 2.11 bits per heavy atom. The third kappa shape index (κ3) is 5.37. The minimum atomic E-state index is -1.81. The number of rotatable bonds is 6. The van der Waals surface area contributed by atoms with E-state index >= 15 is 0 Å². The lowest BCUT2D eigenvalue weighted by Crippen LogP contribution is -2.63. The van der Waals surface area contributed by atoms with Crippen molar-refractivity contribution in [3.8, 4) is 0 Å².